The van der Waals surface area contributed by atoms with Crippen molar-refractivity contribution in [2.75, 3.05) is 13.6 Å². The number of benzene rings is 2. The number of amides is 2. The lowest BCUT2D eigenvalue weighted by Crippen LogP contribution is -2.41. The van der Waals surface area contributed by atoms with Crippen molar-refractivity contribution < 1.29 is 9.59 Å². The van der Waals surface area contributed by atoms with Crippen LogP contribution < -0.4 is 10.6 Å². The van der Waals surface area contributed by atoms with E-state index in [9.17, 15) is 9.59 Å². The number of nitrogens with zero attached hydrogens (tertiary/aromatic N) is 1. The molecule has 3 rings (SSSR count). The third-order valence-electron chi connectivity index (χ3n) is 5.06. The molecule has 0 aromatic heterocycles. The summed E-state index contributed by atoms with van der Waals surface area (Å²) in [5.74, 6) is 0.0471. The van der Waals surface area contributed by atoms with E-state index in [1.54, 1.807) is 0 Å². The summed E-state index contributed by atoms with van der Waals surface area (Å²) in [6.07, 6.45) is 1.12. The molecule has 1 fully saturated rings. The van der Waals surface area contributed by atoms with Crippen LogP contribution >= 0.6 is 0 Å². The van der Waals surface area contributed by atoms with Crippen LogP contribution in [0.1, 0.15) is 25.3 Å². The van der Waals surface area contributed by atoms with E-state index in [1.165, 1.54) is 5.56 Å². The van der Waals surface area contributed by atoms with Gasteiger partial charge in [-0.25, -0.2) is 0 Å². The van der Waals surface area contributed by atoms with E-state index in [-0.39, 0.29) is 23.9 Å². The number of carbonyl (C=O) groups is 2. The number of hydrogen-bond acceptors (Lipinski definition) is 3. The van der Waals surface area contributed by atoms with Crippen molar-refractivity contribution in [1.29, 1.82) is 0 Å². The summed E-state index contributed by atoms with van der Waals surface area (Å²) in [7, 11) is 1.93. The van der Waals surface area contributed by atoms with Crippen molar-refractivity contribution in [3.63, 3.8) is 0 Å². The summed E-state index contributed by atoms with van der Waals surface area (Å²) < 4.78 is 0. The first-order valence-electron chi connectivity index (χ1n) is 9.48. The van der Waals surface area contributed by atoms with Crippen molar-refractivity contribution >= 4 is 11.8 Å². The summed E-state index contributed by atoms with van der Waals surface area (Å²) in [4.78, 5) is 26.1. The first kappa shape index (κ1) is 19.1. The van der Waals surface area contributed by atoms with Crippen LogP contribution in [0.4, 0.5) is 0 Å². The Morgan fingerprint density at radius 2 is 1.70 bits per heavy atom. The van der Waals surface area contributed by atoms with Gasteiger partial charge in [-0.3, -0.25) is 14.5 Å². The first-order chi connectivity index (χ1) is 13.1. The molecule has 0 saturated carbocycles. The van der Waals surface area contributed by atoms with E-state index in [0.29, 0.717) is 25.9 Å². The first-order valence-corrected chi connectivity index (χ1v) is 9.48. The van der Waals surface area contributed by atoms with Crippen LogP contribution in [0.2, 0.25) is 0 Å². The zero-order valence-electron chi connectivity index (χ0n) is 15.9. The average molecular weight is 365 g/mol. The lowest BCUT2D eigenvalue weighted by Gasteiger charge is -2.18. The van der Waals surface area contributed by atoms with Crippen LogP contribution in [-0.4, -0.2) is 42.4 Å². The molecule has 1 aliphatic rings. The van der Waals surface area contributed by atoms with Gasteiger partial charge in [0, 0.05) is 25.6 Å². The molecule has 2 aromatic rings. The Morgan fingerprint density at radius 1 is 1.04 bits per heavy atom. The Morgan fingerprint density at radius 3 is 2.37 bits per heavy atom. The Bertz CT molecular complexity index is 774. The Hall–Kier alpha value is -2.66. The van der Waals surface area contributed by atoms with Gasteiger partial charge in [-0.2, -0.15) is 0 Å². The van der Waals surface area contributed by atoms with E-state index >= 15 is 0 Å². The smallest absolute Gasteiger partial charge is 0.237 e. The molecule has 0 spiro atoms. The molecule has 0 radical (unpaired) electrons. The summed E-state index contributed by atoms with van der Waals surface area (Å²) in [5.41, 5.74) is 3.41. The van der Waals surface area contributed by atoms with E-state index < -0.39 is 0 Å². The van der Waals surface area contributed by atoms with Gasteiger partial charge >= 0.3 is 0 Å². The average Bonchev–Trinajstić information content (AvgIpc) is 3.07. The molecule has 2 amide bonds. The molecule has 2 aromatic carbocycles. The van der Waals surface area contributed by atoms with Gasteiger partial charge < -0.3 is 10.6 Å². The topological polar surface area (TPSA) is 61.4 Å². The summed E-state index contributed by atoms with van der Waals surface area (Å²) in [6.45, 7) is 3.04. The van der Waals surface area contributed by atoms with Gasteiger partial charge in [0.05, 0.1) is 6.04 Å². The third-order valence-corrected chi connectivity index (χ3v) is 5.06. The van der Waals surface area contributed by atoms with Crippen LogP contribution in [0.15, 0.2) is 54.6 Å². The molecule has 27 heavy (non-hydrogen) atoms. The van der Waals surface area contributed by atoms with Crippen LogP contribution in [-0.2, 0) is 16.1 Å². The highest BCUT2D eigenvalue weighted by Gasteiger charge is 2.34. The van der Waals surface area contributed by atoms with Crippen LogP contribution in [0.5, 0.6) is 0 Å². The minimum Gasteiger partial charge on any atom is -0.352 e. The van der Waals surface area contributed by atoms with Crippen molar-refractivity contribution in [3.05, 3.63) is 60.2 Å². The lowest BCUT2D eigenvalue weighted by molar-refractivity contribution is -0.125. The van der Waals surface area contributed by atoms with Gasteiger partial charge in [-0.1, -0.05) is 61.5 Å². The van der Waals surface area contributed by atoms with Gasteiger partial charge in [-0.15, -0.1) is 0 Å². The van der Waals surface area contributed by atoms with Crippen LogP contribution in [0.3, 0.4) is 0 Å². The highest BCUT2D eigenvalue weighted by atomic mass is 16.2. The largest absolute Gasteiger partial charge is 0.352 e. The molecule has 0 aliphatic carbocycles. The van der Waals surface area contributed by atoms with Crippen molar-refractivity contribution in [2.45, 2.75) is 38.4 Å². The number of likely N-dealkylation sites (tertiary alicyclic amines) is 1. The quantitative estimate of drug-likeness (QED) is 0.827. The molecule has 0 bridgehead atoms. The van der Waals surface area contributed by atoms with Gasteiger partial charge in [-0.05, 0) is 30.2 Å². The fourth-order valence-electron chi connectivity index (χ4n) is 3.49. The summed E-state index contributed by atoms with van der Waals surface area (Å²) in [5, 5.41) is 6.00. The van der Waals surface area contributed by atoms with Gasteiger partial charge in [0.25, 0.3) is 0 Å². The van der Waals surface area contributed by atoms with Crippen molar-refractivity contribution in [3.8, 4) is 11.1 Å². The van der Waals surface area contributed by atoms with Crippen molar-refractivity contribution in [1.82, 2.24) is 15.5 Å². The van der Waals surface area contributed by atoms with E-state index in [1.807, 2.05) is 49.2 Å². The zero-order valence-corrected chi connectivity index (χ0v) is 15.9. The second-order valence-corrected chi connectivity index (χ2v) is 7.09. The van der Waals surface area contributed by atoms with Crippen molar-refractivity contribution in [2.24, 2.45) is 0 Å². The second-order valence-electron chi connectivity index (χ2n) is 7.09. The second kappa shape index (κ2) is 8.82. The molecule has 2 atom stereocenters. The van der Waals surface area contributed by atoms with Crippen LogP contribution in [0.25, 0.3) is 11.1 Å². The maximum absolute atomic E-state index is 12.6. The maximum atomic E-state index is 12.6. The fourth-order valence-corrected chi connectivity index (χ4v) is 3.49. The van der Waals surface area contributed by atoms with Gasteiger partial charge in [0.1, 0.15) is 0 Å². The molecule has 5 nitrogen and oxygen atoms in total. The number of nitrogens with one attached hydrogen (secondary N) is 2. The minimum atomic E-state index is -0.198. The zero-order chi connectivity index (χ0) is 19.2. The molecule has 1 saturated heterocycles. The van der Waals surface area contributed by atoms with Crippen LogP contribution in [0, 0.1) is 0 Å². The number of carbonyl (C=O) groups excluding carboxylic acids is 2. The summed E-state index contributed by atoms with van der Waals surface area (Å²) >= 11 is 0. The molecule has 142 valence electrons. The monoisotopic (exact) mass is 365 g/mol. The number of rotatable bonds is 6. The highest BCUT2D eigenvalue weighted by molar-refractivity contribution is 5.82. The SMILES string of the molecule is CCC(=O)N[C@@H]1C[C@@H](C(=O)NCc2ccc(-c3ccccc3)cc2)N(C)C1. The van der Waals surface area contributed by atoms with Gasteiger partial charge in [0.15, 0.2) is 0 Å². The molecule has 5 heteroatoms. The Balaban J connectivity index is 1.52. The molecule has 0 unspecified atom stereocenters. The predicted octanol–water partition coefficient (Wildman–Crippen LogP) is 2.57. The molecule has 1 aliphatic heterocycles. The molecule has 2 N–H and O–H groups in total. The highest BCUT2D eigenvalue weighted by Crippen LogP contribution is 2.20. The fraction of sp³-hybridized carbons (Fsp3) is 0.364. The normalized spacial score (nSPS) is 19.6. The summed E-state index contributed by atoms with van der Waals surface area (Å²) in [6, 6.07) is 18.3. The number of hydrogen-bond donors (Lipinski definition) is 2. The Labute approximate surface area is 160 Å². The van der Waals surface area contributed by atoms with E-state index in [0.717, 1.165) is 11.1 Å². The predicted molar refractivity (Wildman–Crippen MR) is 107 cm³/mol. The maximum Gasteiger partial charge on any atom is 0.237 e. The minimum absolute atomic E-state index is 0.0119. The number of likely N-dealkylation sites (N-methyl/N-ethyl adjacent to an activating group) is 1. The molecule has 1 heterocycles. The van der Waals surface area contributed by atoms with E-state index in [2.05, 4.69) is 34.9 Å². The lowest BCUT2D eigenvalue weighted by atomic mass is 10.0. The van der Waals surface area contributed by atoms with E-state index in [4.69, 9.17) is 0 Å². The Kier molecular flexibility index (Phi) is 6.24. The van der Waals surface area contributed by atoms with Gasteiger partial charge in [0.2, 0.25) is 11.8 Å². The standard InChI is InChI=1S/C22H27N3O2/c1-3-21(26)24-19-13-20(25(2)15-19)22(27)23-14-16-9-11-18(12-10-16)17-7-5-4-6-8-17/h4-12,19-20H,3,13-15H2,1-2H3,(H,23,27)(H,24,26)/t19-,20+/m1/s1. The third kappa shape index (κ3) is 4.95. The molecular formula is C22H27N3O2. The molecular weight excluding hydrogens is 338 g/mol.